The Morgan fingerprint density at radius 3 is 2.62 bits per heavy atom. The Hall–Kier alpha value is -2.89. The van der Waals surface area contributed by atoms with Crippen molar-refractivity contribution >= 4 is 11.8 Å². The molecule has 29 heavy (non-hydrogen) atoms. The lowest BCUT2D eigenvalue weighted by Crippen LogP contribution is -2.46. The molecule has 1 aliphatic heterocycles. The number of nitrogens with zero attached hydrogens (tertiary/aromatic N) is 1. The number of hydrogen-bond donors (Lipinski definition) is 1. The van der Waals surface area contributed by atoms with Crippen molar-refractivity contribution in [2.45, 2.75) is 38.6 Å². The van der Waals surface area contributed by atoms with Crippen LogP contribution >= 0.6 is 0 Å². The van der Waals surface area contributed by atoms with E-state index >= 15 is 0 Å². The second kappa shape index (κ2) is 10.0. The molecule has 0 radical (unpaired) electrons. The summed E-state index contributed by atoms with van der Waals surface area (Å²) in [5.74, 6) is 0.178. The molecule has 0 saturated carbocycles. The molecule has 2 amide bonds. The van der Waals surface area contributed by atoms with Crippen LogP contribution < -0.4 is 10.1 Å². The van der Waals surface area contributed by atoms with Gasteiger partial charge in [-0.1, -0.05) is 24.3 Å². The van der Waals surface area contributed by atoms with Crippen LogP contribution in [0.4, 0.5) is 4.39 Å². The highest BCUT2D eigenvalue weighted by molar-refractivity contribution is 5.95. The van der Waals surface area contributed by atoms with Crippen LogP contribution in [0.1, 0.15) is 41.6 Å². The van der Waals surface area contributed by atoms with Gasteiger partial charge in [0, 0.05) is 37.2 Å². The van der Waals surface area contributed by atoms with Crippen LogP contribution in [0.15, 0.2) is 48.5 Å². The zero-order chi connectivity index (χ0) is 20.6. The van der Waals surface area contributed by atoms with Crippen molar-refractivity contribution in [1.82, 2.24) is 10.2 Å². The van der Waals surface area contributed by atoms with Gasteiger partial charge >= 0.3 is 0 Å². The number of aryl methyl sites for hydroxylation is 1. The summed E-state index contributed by atoms with van der Waals surface area (Å²) in [4.78, 5) is 26.7. The first-order chi connectivity index (χ1) is 14.0. The van der Waals surface area contributed by atoms with Gasteiger partial charge in [0.25, 0.3) is 5.91 Å². The molecule has 1 heterocycles. The predicted octanol–water partition coefficient (Wildman–Crippen LogP) is 3.71. The number of likely N-dealkylation sites (tertiary alicyclic amines) is 1. The number of hydrogen-bond acceptors (Lipinski definition) is 3. The van der Waals surface area contributed by atoms with Gasteiger partial charge in [0.05, 0.1) is 6.61 Å². The number of ether oxygens (including phenoxy) is 1. The third-order valence-corrected chi connectivity index (χ3v) is 5.17. The van der Waals surface area contributed by atoms with Gasteiger partial charge in [0.15, 0.2) is 0 Å². The molecule has 0 unspecified atom stereocenters. The standard InChI is InChI=1S/C23H27FN2O3/c1-17-6-2-3-9-21(17)23(28)25-19-11-13-26(14-12-19)22(27)10-5-15-29-20-8-4-7-18(24)16-20/h2-4,6-9,16,19H,5,10-15H2,1H3,(H,25,28). The van der Waals surface area contributed by atoms with Crippen LogP contribution in [0.25, 0.3) is 0 Å². The quantitative estimate of drug-likeness (QED) is 0.724. The highest BCUT2D eigenvalue weighted by Gasteiger charge is 2.24. The molecule has 5 nitrogen and oxygen atoms in total. The number of rotatable bonds is 7. The molecule has 2 aromatic rings. The summed E-state index contributed by atoms with van der Waals surface area (Å²) in [6.07, 6.45) is 2.49. The predicted molar refractivity (Wildman–Crippen MR) is 109 cm³/mol. The molecular formula is C23H27FN2O3. The van der Waals surface area contributed by atoms with Crippen molar-refractivity contribution < 1.29 is 18.7 Å². The lowest BCUT2D eigenvalue weighted by Gasteiger charge is -2.32. The van der Waals surface area contributed by atoms with Gasteiger partial charge in [-0.25, -0.2) is 4.39 Å². The van der Waals surface area contributed by atoms with Gasteiger partial charge in [-0.3, -0.25) is 9.59 Å². The fourth-order valence-electron chi connectivity index (χ4n) is 3.49. The molecule has 1 fully saturated rings. The number of piperidine rings is 1. The lowest BCUT2D eigenvalue weighted by molar-refractivity contribution is -0.132. The molecule has 3 rings (SSSR count). The molecule has 0 aromatic heterocycles. The fourth-order valence-corrected chi connectivity index (χ4v) is 3.49. The smallest absolute Gasteiger partial charge is 0.251 e. The summed E-state index contributed by atoms with van der Waals surface area (Å²) in [7, 11) is 0. The van der Waals surface area contributed by atoms with Gasteiger partial charge in [-0.05, 0) is 49.9 Å². The minimum atomic E-state index is -0.337. The van der Waals surface area contributed by atoms with E-state index in [0.29, 0.717) is 43.9 Å². The van der Waals surface area contributed by atoms with Crippen LogP contribution in [0, 0.1) is 12.7 Å². The van der Waals surface area contributed by atoms with E-state index < -0.39 is 0 Å². The highest BCUT2D eigenvalue weighted by atomic mass is 19.1. The maximum Gasteiger partial charge on any atom is 0.251 e. The van der Waals surface area contributed by atoms with E-state index in [9.17, 15) is 14.0 Å². The maximum atomic E-state index is 13.1. The number of nitrogens with one attached hydrogen (secondary N) is 1. The molecule has 1 N–H and O–H groups in total. The van der Waals surface area contributed by atoms with E-state index in [0.717, 1.165) is 18.4 Å². The number of carbonyl (C=O) groups excluding carboxylic acids is 2. The van der Waals surface area contributed by atoms with E-state index in [2.05, 4.69) is 5.32 Å². The molecule has 0 bridgehead atoms. The van der Waals surface area contributed by atoms with Gasteiger partial charge in [0.1, 0.15) is 11.6 Å². The van der Waals surface area contributed by atoms with Crippen LogP contribution in [0.3, 0.4) is 0 Å². The van der Waals surface area contributed by atoms with Gasteiger partial charge < -0.3 is 15.0 Å². The molecule has 1 aliphatic rings. The minimum absolute atomic E-state index is 0.0534. The first-order valence-corrected chi connectivity index (χ1v) is 10.1. The Kier molecular flexibility index (Phi) is 7.22. The van der Waals surface area contributed by atoms with Crippen LogP contribution in [0.2, 0.25) is 0 Å². The number of halogens is 1. The van der Waals surface area contributed by atoms with E-state index in [1.807, 2.05) is 36.1 Å². The Bertz CT molecular complexity index is 848. The Labute approximate surface area is 170 Å². The molecule has 0 atom stereocenters. The van der Waals surface area contributed by atoms with Crippen molar-refractivity contribution in [3.8, 4) is 5.75 Å². The average Bonchev–Trinajstić information content (AvgIpc) is 2.72. The van der Waals surface area contributed by atoms with Crippen LogP contribution in [-0.2, 0) is 4.79 Å². The summed E-state index contributed by atoms with van der Waals surface area (Å²) >= 11 is 0. The number of amides is 2. The zero-order valence-electron chi connectivity index (χ0n) is 16.7. The van der Waals surface area contributed by atoms with Gasteiger partial charge in [0.2, 0.25) is 5.91 Å². The Morgan fingerprint density at radius 2 is 1.90 bits per heavy atom. The summed E-state index contributed by atoms with van der Waals surface area (Å²) in [6, 6.07) is 13.6. The van der Waals surface area contributed by atoms with Crippen molar-refractivity contribution in [1.29, 1.82) is 0 Å². The fraction of sp³-hybridized carbons (Fsp3) is 0.391. The summed E-state index contributed by atoms with van der Waals surface area (Å²) < 4.78 is 18.6. The van der Waals surface area contributed by atoms with Crippen LogP contribution in [0.5, 0.6) is 5.75 Å². The molecular weight excluding hydrogens is 371 g/mol. The second-order valence-electron chi connectivity index (χ2n) is 7.35. The lowest BCUT2D eigenvalue weighted by atomic mass is 10.0. The number of carbonyl (C=O) groups is 2. The molecule has 154 valence electrons. The largest absolute Gasteiger partial charge is 0.493 e. The SMILES string of the molecule is Cc1ccccc1C(=O)NC1CCN(C(=O)CCCOc2cccc(F)c2)CC1. The summed E-state index contributed by atoms with van der Waals surface area (Å²) in [5.41, 5.74) is 1.65. The van der Waals surface area contributed by atoms with Gasteiger partial charge in [-0.15, -0.1) is 0 Å². The average molecular weight is 398 g/mol. The van der Waals surface area contributed by atoms with E-state index in [1.165, 1.54) is 12.1 Å². The number of benzene rings is 2. The van der Waals surface area contributed by atoms with Crippen molar-refractivity contribution in [2.75, 3.05) is 19.7 Å². The topological polar surface area (TPSA) is 58.6 Å². The van der Waals surface area contributed by atoms with Gasteiger partial charge in [-0.2, -0.15) is 0 Å². The molecule has 1 saturated heterocycles. The second-order valence-corrected chi connectivity index (χ2v) is 7.35. The third kappa shape index (κ3) is 6.04. The molecule has 2 aromatic carbocycles. The van der Waals surface area contributed by atoms with E-state index in [1.54, 1.807) is 12.1 Å². The maximum absolute atomic E-state index is 13.1. The normalized spacial score (nSPS) is 14.5. The Morgan fingerprint density at radius 1 is 1.14 bits per heavy atom. The molecule has 0 spiro atoms. The minimum Gasteiger partial charge on any atom is -0.493 e. The van der Waals surface area contributed by atoms with E-state index in [4.69, 9.17) is 4.74 Å². The highest BCUT2D eigenvalue weighted by Crippen LogP contribution is 2.15. The van der Waals surface area contributed by atoms with Crippen molar-refractivity contribution in [3.05, 3.63) is 65.5 Å². The van der Waals surface area contributed by atoms with Crippen molar-refractivity contribution in [3.63, 3.8) is 0 Å². The van der Waals surface area contributed by atoms with E-state index in [-0.39, 0.29) is 23.7 Å². The van der Waals surface area contributed by atoms with Crippen molar-refractivity contribution in [2.24, 2.45) is 0 Å². The first-order valence-electron chi connectivity index (χ1n) is 10.1. The first kappa shape index (κ1) is 20.8. The van der Waals surface area contributed by atoms with Crippen LogP contribution in [-0.4, -0.2) is 42.5 Å². The zero-order valence-corrected chi connectivity index (χ0v) is 16.7. The molecule has 6 heteroatoms. The summed E-state index contributed by atoms with van der Waals surface area (Å²) in [6.45, 7) is 3.58. The monoisotopic (exact) mass is 398 g/mol. The molecule has 0 aliphatic carbocycles. The summed E-state index contributed by atoms with van der Waals surface area (Å²) in [5, 5.41) is 3.08. The Balaban J connectivity index is 1.36. The third-order valence-electron chi connectivity index (χ3n) is 5.17.